The highest BCUT2D eigenvalue weighted by Crippen LogP contribution is 2.39. The van der Waals surface area contributed by atoms with Crippen molar-refractivity contribution in [2.45, 2.75) is 340 Å². The predicted molar refractivity (Wildman–Crippen MR) is 282 cm³/mol. The first-order valence-electron chi connectivity index (χ1n) is 30.4. The number of rotatable bonds is 51. The molecule has 0 radical (unpaired) electrons. The van der Waals surface area contributed by atoms with E-state index in [0.29, 0.717) is 74.5 Å². The van der Waals surface area contributed by atoms with Crippen LogP contribution in [0.1, 0.15) is 291 Å². The SMILES string of the molecule is CCCCCCCCC1OC1CCCCCCCC(=O)OCC(CC)(COC(=O)CCCCCCCC1OC1CCCCCCCC)COC(=O)CCCCCCCC1OC1CC1OC1CCCCC. The fourth-order valence-electron chi connectivity index (χ4n) is 10.5. The normalized spacial score (nSPS) is 24.0. The number of hydrogen-bond donors (Lipinski definition) is 0. The molecule has 10 heteroatoms. The Bertz CT molecular complexity index is 1280. The van der Waals surface area contributed by atoms with E-state index >= 15 is 0 Å². The van der Waals surface area contributed by atoms with Gasteiger partial charge in [0.05, 0.1) is 54.2 Å². The van der Waals surface area contributed by atoms with E-state index in [1.54, 1.807) is 0 Å². The molecule has 0 saturated carbocycles. The van der Waals surface area contributed by atoms with Crippen molar-refractivity contribution in [3.63, 3.8) is 0 Å². The predicted octanol–water partition coefficient (Wildman–Crippen LogP) is 15.7. The minimum Gasteiger partial charge on any atom is -0.465 e. The van der Waals surface area contributed by atoms with Crippen LogP contribution in [0.25, 0.3) is 0 Å². The zero-order valence-corrected chi connectivity index (χ0v) is 45.8. The van der Waals surface area contributed by atoms with Crippen molar-refractivity contribution in [2.75, 3.05) is 19.8 Å². The smallest absolute Gasteiger partial charge is 0.305 e. The molecule has 8 atom stereocenters. The number of epoxide rings is 4. The van der Waals surface area contributed by atoms with E-state index in [-0.39, 0.29) is 37.7 Å². The lowest BCUT2D eigenvalue weighted by molar-refractivity contribution is -0.162. The van der Waals surface area contributed by atoms with Gasteiger partial charge in [0.15, 0.2) is 0 Å². The highest BCUT2D eigenvalue weighted by molar-refractivity contribution is 5.70. The van der Waals surface area contributed by atoms with Crippen molar-refractivity contribution in [1.29, 1.82) is 0 Å². The quantitative estimate of drug-likeness (QED) is 0.0251. The number of carbonyl (C=O) groups excluding carboxylic acids is 3. The highest BCUT2D eigenvalue weighted by atomic mass is 16.6. The van der Waals surface area contributed by atoms with Crippen LogP contribution in [0.3, 0.4) is 0 Å². The summed E-state index contributed by atoms with van der Waals surface area (Å²) in [5.74, 6) is -0.732. The Balaban J connectivity index is 1.05. The van der Waals surface area contributed by atoms with Gasteiger partial charge in [-0.15, -0.1) is 0 Å². The molecule has 4 aliphatic heterocycles. The molecule has 0 amide bonds. The van der Waals surface area contributed by atoms with Crippen LogP contribution in [0.15, 0.2) is 0 Å². The molecule has 0 aliphatic carbocycles. The Morgan fingerprint density at radius 1 is 0.314 bits per heavy atom. The highest BCUT2D eigenvalue weighted by Gasteiger charge is 2.47. The van der Waals surface area contributed by atoms with Crippen LogP contribution >= 0.6 is 0 Å². The van der Waals surface area contributed by atoms with Gasteiger partial charge < -0.3 is 33.2 Å². The van der Waals surface area contributed by atoms with E-state index in [1.165, 1.54) is 128 Å². The number of carbonyl (C=O) groups is 3. The Hall–Kier alpha value is -1.75. The molecule has 4 fully saturated rings. The Morgan fingerprint density at radius 2 is 0.543 bits per heavy atom. The van der Waals surface area contributed by atoms with Gasteiger partial charge in [-0.25, -0.2) is 0 Å². The molecule has 408 valence electrons. The van der Waals surface area contributed by atoms with Crippen LogP contribution in [0.4, 0.5) is 0 Å². The van der Waals surface area contributed by atoms with Crippen LogP contribution in [0.2, 0.25) is 0 Å². The molecular formula is C60H108O10. The Labute approximate surface area is 429 Å². The summed E-state index contributed by atoms with van der Waals surface area (Å²) in [6.07, 6.45) is 48.8. The zero-order chi connectivity index (χ0) is 49.9. The summed E-state index contributed by atoms with van der Waals surface area (Å²) in [7, 11) is 0. The summed E-state index contributed by atoms with van der Waals surface area (Å²) < 4.78 is 41.2. The average molecular weight is 990 g/mol. The maximum absolute atomic E-state index is 13.0. The standard InChI is InChI=1S/C60H108O10/c1-5-9-12-14-19-28-37-49-51(67-49)39-30-21-16-24-33-42-57(61)64-46-60(8-4,47-65-58(62)43-34-25-17-22-31-40-52-50(68-52)38-29-20-15-13-10-6-2)48-66-59(63)44-35-26-18-23-32-41-54-56(70-54)45-55-53(69-55)36-27-11-7-3/h49-56H,5-48H2,1-4H3. The molecule has 0 aromatic carbocycles. The van der Waals surface area contributed by atoms with Crippen LogP contribution in [0.5, 0.6) is 0 Å². The number of ether oxygens (including phenoxy) is 7. The number of unbranched alkanes of at least 4 members (excludes halogenated alkanes) is 24. The molecule has 0 aromatic rings. The molecule has 10 nitrogen and oxygen atoms in total. The lowest BCUT2D eigenvalue weighted by Crippen LogP contribution is -2.39. The summed E-state index contributed by atoms with van der Waals surface area (Å²) in [6, 6.07) is 0. The Morgan fingerprint density at radius 3 is 0.843 bits per heavy atom. The summed E-state index contributed by atoms with van der Waals surface area (Å²) >= 11 is 0. The molecule has 4 rings (SSSR count). The van der Waals surface area contributed by atoms with Gasteiger partial charge in [0.25, 0.3) is 0 Å². The fraction of sp³-hybridized carbons (Fsp3) is 0.950. The van der Waals surface area contributed by atoms with Crippen LogP contribution in [-0.2, 0) is 47.5 Å². The van der Waals surface area contributed by atoms with Crippen molar-refractivity contribution in [3.05, 3.63) is 0 Å². The summed E-state index contributed by atoms with van der Waals surface area (Å²) in [4.78, 5) is 39.0. The molecule has 0 bridgehead atoms. The Kier molecular flexibility index (Phi) is 32.9. The second kappa shape index (κ2) is 37.9. The van der Waals surface area contributed by atoms with Crippen molar-refractivity contribution in [3.8, 4) is 0 Å². The molecule has 8 unspecified atom stereocenters. The maximum Gasteiger partial charge on any atom is 0.305 e. The van der Waals surface area contributed by atoms with E-state index in [0.717, 1.165) is 109 Å². The van der Waals surface area contributed by atoms with Gasteiger partial charge in [0.2, 0.25) is 0 Å². The second-order valence-corrected chi connectivity index (χ2v) is 22.5. The van der Waals surface area contributed by atoms with Gasteiger partial charge in [0, 0.05) is 25.7 Å². The molecule has 0 N–H and O–H groups in total. The van der Waals surface area contributed by atoms with Crippen LogP contribution in [-0.4, -0.2) is 86.6 Å². The van der Waals surface area contributed by atoms with E-state index in [2.05, 4.69) is 20.8 Å². The summed E-state index contributed by atoms with van der Waals surface area (Å²) in [6.45, 7) is 8.95. The zero-order valence-electron chi connectivity index (χ0n) is 45.8. The van der Waals surface area contributed by atoms with E-state index in [9.17, 15) is 14.4 Å². The van der Waals surface area contributed by atoms with Crippen molar-refractivity contribution in [1.82, 2.24) is 0 Å². The van der Waals surface area contributed by atoms with Crippen LogP contribution in [0, 0.1) is 5.41 Å². The van der Waals surface area contributed by atoms with Crippen molar-refractivity contribution < 1.29 is 47.5 Å². The third-order valence-electron chi connectivity index (χ3n) is 16.0. The lowest BCUT2D eigenvalue weighted by atomic mass is 9.88. The van der Waals surface area contributed by atoms with Gasteiger partial charge in [-0.3, -0.25) is 14.4 Å². The number of hydrogen-bond acceptors (Lipinski definition) is 10. The van der Waals surface area contributed by atoms with Gasteiger partial charge >= 0.3 is 17.9 Å². The van der Waals surface area contributed by atoms with E-state index in [1.807, 2.05) is 6.92 Å². The van der Waals surface area contributed by atoms with E-state index < -0.39 is 5.41 Å². The third kappa shape index (κ3) is 29.2. The van der Waals surface area contributed by atoms with Crippen molar-refractivity contribution >= 4 is 17.9 Å². The average Bonchev–Trinajstić information content (AvgIpc) is 4.19. The molecule has 70 heavy (non-hydrogen) atoms. The molecule has 4 saturated heterocycles. The first-order valence-corrected chi connectivity index (χ1v) is 30.4. The topological polar surface area (TPSA) is 129 Å². The molecular weight excluding hydrogens is 881 g/mol. The minimum atomic E-state index is -0.777. The first-order chi connectivity index (χ1) is 34.3. The largest absolute Gasteiger partial charge is 0.465 e. The van der Waals surface area contributed by atoms with Gasteiger partial charge in [-0.2, -0.15) is 0 Å². The first kappa shape index (κ1) is 60.8. The second-order valence-electron chi connectivity index (χ2n) is 22.5. The molecule has 4 heterocycles. The molecule has 0 spiro atoms. The van der Waals surface area contributed by atoms with E-state index in [4.69, 9.17) is 33.2 Å². The van der Waals surface area contributed by atoms with Gasteiger partial charge in [-0.1, -0.05) is 201 Å². The lowest BCUT2D eigenvalue weighted by Gasteiger charge is -2.31. The number of esters is 3. The van der Waals surface area contributed by atoms with Crippen molar-refractivity contribution in [2.24, 2.45) is 5.41 Å². The fourth-order valence-corrected chi connectivity index (χ4v) is 10.5. The summed E-state index contributed by atoms with van der Waals surface area (Å²) in [5, 5.41) is 0. The van der Waals surface area contributed by atoms with Gasteiger partial charge in [-0.05, 0) is 64.2 Å². The minimum absolute atomic E-state index is 0.0614. The third-order valence-corrected chi connectivity index (χ3v) is 16.0. The monoisotopic (exact) mass is 989 g/mol. The van der Waals surface area contributed by atoms with Crippen LogP contribution < -0.4 is 0 Å². The maximum atomic E-state index is 13.0. The molecule has 4 aliphatic rings. The molecule has 0 aromatic heterocycles. The van der Waals surface area contributed by atoms with Gasteiger partial charge in [0.1, 0.15) is 19.8 Å². The summed E-state index contributed by atoms with van der Waals surface area (Å²) in [5.41, 5.74) is -0.777.